The van der Waals surface area contributed by atoms with Gasteiger partial charge in [-0.1, -0.05) is 54.6 Å². The first kappa shape index (κ1) is 33.1. The van der Waals surface area contributed by atoms with E-state index in [-0.39, 0.29) is 30.2 Å². The number of alkyl halides is 3. The van der Waals surface area contributed by atoms with E-state index >= 15 is 0 Å². The highest BCUT2D eigenvalue weighted by atomic mass is 19.4. The number of ether oxygens (including phenoxy) is 1. The van der Waals surface area contributed by atoms with Crippen molar-refractivity contribution in [2.24, 2.45) is 0 Å². The van der Waals surface area contributed by atoms with Crippen LogP contribution in [-0.2, 0) is 16.1 Å². The van der Waals surface area contributed by atoms with Gasteiger partial charge in [0.15, 0.2) is 12.4 Å². The van der Waals surface area contributed by atoms with Crippen molar-refractivity contribution < 1.29 is 37.1 Å². The molecular weight excluding hydrogens is 613 g/mol. The first-order chi connectivity index (χ1) is 22.4. The summed E-state index contributed by atoms with van der Waals surface area (Å²) in [6, 6.07) is 21.0. The van der Waals surface area contributed by atoms with Crippen LogP contribution in [0.25, 0.3) is 10.8 Å². The van der Waals surface area contributed by atoms with Gasteiger partial charge in [-0.15, -0.1) is 0 Å². The lowest BCUT2D eigenvalue weighted by Crippen LogP contribution is -2.55. The van der Waals surface area contributed by atoms with Crippen molar-refractivity contribution in [2.45, 2.75) is 38.7 Å². The van der Waals surface area contributed by atoms with Gasteiger partial charge in [-0.25, -0.2) is 0 Å². The lowest BCUT2D eigenvalue weighted by molar-refractivity contribution is -0.153. The van der Waals surface area contributed by atoms with Gasteiger partial charge in [-0.3, -0.25) is 19.2 Å². The zero-order chi connectivity index (χ0) is 33.9. The lowest BCUT2D eigenvalue weighted by atomic mass is 10.0. The maximum atomic E-state index is 14.4. The third kappa shape index (κ3) is 7.28. The predicted molar refractivity (Wildman–Crippen MR) is 172 cm³/mol. The van der Waals surface area contributed by atoms with Crippen molar-refractivity contribution >= 4 is 45.7 Å². The van der Waals surface area contributed by atoms with E-state index in [1.54, 1.807) is 68.6 Å². The molecule has 0 radical (unpaired) electrons. The van der Waals surface area contributed by atoms with E-state index in [0.29, 0.717) is 27.9 Å². The fourth-order valence-corrected chi connectivity index (χ4v) is 5.41. The van der Waals surface area contributed by atoms with Gasteiger partial charge in [0.25, 0.3) is 11.8 Å². The minimum atomic E-state index is -4.60. The van der Waals surface area contributed by atoms with E-state index in [0.717, 1.165) is 5.39 Å². The summed E-state index contributed by atoms with van der Waals surface area (Å²) >= 11 is 0. The predicted octanol–water partition coefficient (Wildman–Crippen LogP) is 5.27. The number of nitrogens with one attached hydrogen (secondary N) is 2. The standard InChI is InChI=1S/C35H33F3N4O5/c1-21(39-3)32(44)40-28-19-42(33(45)25-14-12-23(13-15-25)22(2)43)30-11-7-6-10-29(30)41(34(28)46)18-27-26-9-5-4-8-24(26)16-17-31(27)47-20-35(36,37)38/h4-17,21,28,39H,18-20H2,1-3H3,(H,40,44)/t21-,28?/m0/s1. The summed E-state index contributed by atoms with van der Waals surface area (Å²) in [6.07, 6.45) is -4.60. The molecule has 3 amide bonds. The second-order valence-corrected chi connectivity index (χ2v) is 11.2. The molecule has 2 N–H and O–H groups in total. The molecule has 0 spiro atoms. The maximum Gasteiger partial charge on any atom is 0.422 e. The number of carbonyl (C=O) groups excluding carboxylic acids is 4. The number of likely N-dealkylation sites (N-methyl/N-ethyl adjacent to an activating group) is 1. The number of ketones is 1. The first-order valence-corrected chi connectivity index (χ1v) is 14.9. The average Bonchev–Trinajstić information content (AvgIpc) is 3.17. The van der Waals surface area contributed by atoms with Crippen molar-refractivity contribution in [3.63, 3.8) is 0 Å². The number of hydrogen-bond acceptors (Lipinski definition) is 6. The minimum absolute atomic E-state index is 0.0570. The number of nitrogens with zero attached hydrogens (tertiary/aromatic N) is 2. The van der Waals surface area contributed by atoms with Crippen LogP contribution in [0.4, 0.5) is 24.5 Å². The van der Waals surface area contributed by atoms with Crippen molar-refractivity contribution in [1.29, 1.82) is 0 Å². The van der Waals surface area contributed by atoms with E-state index in [1.807, 2.05) is 0 Å². The van der Waals surface area contributed by atoms with E-state index in [9.17, 15) is 32.3 Å². The van der Waals surface area contributed by atoms with Gasteiger partial charge in [0.2, 0.25) is 5.91 Å². The van der Waals surface area contributed by atoms with Gasteiger partial charge < -0.3 is 25.2 Å². The van der Waals surface area contributed by atoms with E-state index in [2.05, 4.69) is 10.6 Å². The van der Waals surface area contributed by atoms with Crippen molar-refractivity contribution in [2.75, 3.05) is 30.0 Å². The number of fused-ring (bicyclic) bond motifs is 2. The molecule has 244 valence electrons. The summed E-state index contributed by atoms with van der Waals surface area (Å²) in [7, 11) is 1.59. The molecule has 2 atom stereocenters. The largest absolute Gasteiger partial charge is 0.484 e. The first-order valence-electron chi connectivity index (χ1n) is 14.9. The van der Waals surface area contributed by atoms with Crippen LogP contribution in [0.15, 0.2) is 84.9 Å². The number of rotatable bonds is 9. The monoisotopic (exact) mass is 646 g/mol. The SMILES string of the molecule is CN[C@@H](C)C(=O)NC1CN(C(=O)c2ccc(C(C)=O)cc2)c2ccccc2N(Cc2c(OCC(F)(F)F)ccc3ccccc23)C1=O. The van der Waals surface area contributed by atoms with Gasteiger partial charge in [0.05, 0.1) is 30.5 Å². The highest BCUT2D eigenvalue weighted by Gasteiger charge is 2.38. The summed E-state index contributed by atoms with van der Waals surface area (Å²) in [5.41, 5.74) is 1.64. The summed E-state index contributed by atoms with van der Waals surface area (Å²) in [5.74, 6) is -1.78. The van der Waals surface area contributed by atoms with Crippen LogP contribution in [0, 0.1) is 0 Å². The van der Waals surface area contributed by atoms with E-state index in [4.69, 9.17) is 4.74 Å². The van der Waals surface area contributed by atoms with Crippen molar-refractivity contribution in [1.82, 2.24) is 10.6 Å². The fraction of sp³-hybridized carbons (Fsp3) is 0.257. The minimum Gasteiger partial charge on any atom is -0.484 e. The quantitative estimate of drug-likeness (QED) is 0.240. The normalized spacial score (nSPS) is 15.5. The van der Waals surface area contributed by atoms with Crippen LogP contribution in [0.3, 0.4) is 0 Å². The number of anilines is 2. The van der Waals surface area contributed by atoms with Crippen LogP contribution in [0.1, 0.15) is 40.1 Å². The molecule has 1 aliphatic rings. The Morgan fingerprint density at radius 1 is 0.915 bits per heavy atom. The molecule has 47 heavy (non-hydrogen) atoms. The summed E-state index contributed by atoms with van der Waals surface area (Å²) < 4.78 is 45.0. The number of hydrogen-bond donors (Lipinski definition) is 2. The van der Waals surface area contributed by atoms with Crippen LogP contribution in [0.5, 0.6) is 5.75 Å². The van der Waals surface area contributed by atoms with E-state index in [1.165, 1.54) is 47.1 Å². The molecule has 0 saturated carbocycles. The molecular formula is C35H33F3N4O5. The Labute approximate surface area is 269 Å². The van der Waals surface area contributed by atoms with Crippen molar-refractivity contribution in [3.8, 4) is 5.75 Å². The van der Waals surface area contributed by atoms with E-state index < -0.39 is 42.6 Å². The second kappa shape index (κ2) is 13.6. The number of amides is 3. The van der Waals surface area contributed by atoms with Gasteiger partial charge in [0.1, 0.15) is 11.8 Å². The van der Waals surface area contributed by atoms with Crippen LogP contribution >= 0.6 is 0 Å². The molecule has 0 saturated heterocycles. The topological polar surface area (TPSA) is 108 Å². The average molecular weight is 647 g/mol. The Morgan fingerprint density at radius 3 is 2.21 bits per heavy atom. The van der Waals surface area contributed by atoms with Gasteiger partial charge in [0, 0.05) is 16.7 Å². The Hall–Kier alpha value is -5.23. The maximum absolute atomic E-state index is 14.4. The van der Waals surface area contributed by atoms with Crippen LogP contribution in [0.2, 0.25) is 0 Å². The number of halogens is 3. The number of Topliss-reactive ketones (excluding diaryl/α,β-unsaturated/α-hetero) is 1. The number of para-hydroxylation sites is 2. The zero-order valence-corrected chi connectivity index (χ0v) is 25.9. The lowest BCUT2D eigenvalue weighted by Gasteiger charge is -2.27. The Morgan fingerprint density at radius 2 is 1.55 bits per heavy atom. The molecule has 0 fully saturated rings. The van der Waals surface area contributed by atoms with Gasteiger partial charge >= 0.3 is 6.18 Å². The molecule has 4 aromatic rings. The fourth-order valence-electron chi connectivity index (χ4n) is 5.41. The molecule has 1 aliphatic heterocycles. The zero-order valence-electron chi connectivity index (χ0n) is 25.9. The van der Waals surface area contributed by atoms with Crippen molar-refractivity contribution in [3.05, 3.63) is 102 Å². The molecule has 9 nitrogen and oxygen atoms in total. The summed E-state index contributed by atoms with van der Waals surface area (Å²) in [6.45, 7) is 1.02. The molecule has 0 aromatic heterocycles. The van der Waals surface area contributed by atoms with Crippen LogP contribution < -0.4 is 25.2 Å². The number of carbonyl (C=O) groups is 4. The molecule has 4 aromatic carbocycles. The highest BCUT2D eigenvalue weighted by molar-refractivity contribution is 6.13. The van der Waals surface area contributed by atoms with Crippen LogP contribution in [-0.4, -0.2) is 62.0 Å². The Balaban J connectivity index is 1.64. The molecule has 1 unspecified atom stereocenters. The second-order valence-electron chi connectivity index (χ2n) is 11.2. The number of benzene rings is 4. The molecule has 0 bridgehead atoms. The third-order valence-electron chi connectivity index (χ3n) is 8.02. The molecule has 12 heteroatoms. The van der Waals surface area contributed by atoms with Gasteiger partial charge in [-0.05, 0) is 62.0 Å². The summed E-state index contributed by atoms with van der Waals surface area (Å²) in [5, 5.41) is 6.88. The molecule has 5 rings (SSSR count). The Kier molecular flexibility index (Phi) is 9.61. The molecule has 1 heterocycles. The molecule has 0 aliphatic carbocycles. The Bertz CT molecular complexity index is 1830. The third-order valence-corrected chi connectivity index (χ3v) is 8.02. The smallest absolute Gasteiger partial charge is 0.422 e. The summed E-state index contributed by atoms with van der Waals surface area (Å²) in [4.78, 5) is 56.2. The highest BCUT2D eigenvalue weighted by Crippen LogP contribution is 2.38. The van der Waals surface area contributed by atoms with Gasteiger partial charge in [-0.2, -0.15) is 13.2 Å².